The molecular weight excluding hydrogens is 264 g/mol. The van der Waals surface area contributed by atoms with E-state index in [9.17, 15) is 13.6 Å². The largest absolute Gasteiger partial charge is 0.469 e. The Hall–Kier alpha value is -1.67. The Kier molecular flexibility index (Phi) is 5.05. The van der Waals surface area contributed by atoms with Crippen molar-refractivity contribution in [3.05, 3.63) is 34.4 Å². The van der Waals surface area contributed by atoms with Crippen LogP contribution in [-0.2, 0) is 21.8 Å². The van der Waals surface area contributed by atoms with Crippen molar-refractivity contribution in [2.24, 2.45) is 0 Å². The number of carbonyl (C=O) groups excluding carboxylic acids is 1. The fourth-order valence-electron chi connectivity index (χ4n) is 1.57. The van der Waals surface area contributed by atoms with E-state index < -0.39 is 12.4 Å². The van der Waals surface area contributed by atoms with Crippen LogP contribution < -0.4 is 0 Å². The highest BCUT2D eigenvalue weighted by atomic mass is 35.5. The molecule has 0 heterocycles. The Morgan fingerprint density at radius 2 is 2.22 bits per heavy atom. The number of alkyl halides is 3. The third-order valence-corrected chi connectivity index (χ3v) is 2.72. The van der Waals surface area contributed by atoms with Gasteiger partial charge in [-0.2, -0.15) is 5.26 Å². The molecule has 96 valence electrons. The minimum absolute atomic E-state index is 0.0540. The van der Waals surface area contributed by atoms with Gasteiger partial charge in [0.25, 0.3) is 6.43 Å². The highest BCUT2D eigenvalue weighted by Crippen LogP contribution is 2.28. The quantitative estimate of drug-likeness (QED) is 0.626. The average Bonchev–Trinajstić information content (AvgIpc) is 2.38. The van der Waals surface area contributed by atoms with Crippen LogP contribution in [0.15, 0.2) is 12.1 Å². The third kappa shape index (κ3) is 3.17. The summed E-state index contributed by atoms with van der Waals surface area (Å²) in [6.07, 6.45) is -3.07. The molecule has 1 rings (SSSR count). The van der Waals surface area contributed by atoms with Crippen molar-refractivity contribution in [1.82, 2.24) is 0 Å². The van der Waals surface area contributed by atoms with Crippen LogP contribution in [0.2, 0.25) is 0 Å². The van der Waals surface area contributed by atoms with Gasteiger partial charge in [-0.15, -0.1) is 11.6 Å². The summed E-state index contributed by atoms with van der Waals surface area (Å²) in [7, 11) is 1.17. The number of rotatable bonds is 4. The highest BCUT2D eigenvalue weighted by Gasteiger charge is 2.20. The first-order valence-corrected chi connectivity index (χ1v) is 5.53. The Morgan fingerprint density at radius 1 is 1.56 bits per heavy atom. The lowest BCUT2D eigenvalue weighted by molar-refractivity contribution is -0.139. The summed E-state index contributed by atoms with van der Waals surface area (Å²) >= 11 is 5.66. The normalized spacial score (nSPS) is 10.2. The van der Waals surface area contributed by atoms with E-state index in [-0.39, 0.29) is 29.0 Å². The molecule has 0 aliphatic rings. The van der Waals surface area contributed by atoms with Gasteiger partial charge < -0.3 is 4.74 Å². The summed E-state index contributed by atoms with van der Waals surface area (Å²) < 4.78 is 30.3. The molecule has 1 aromatic carbocycles. The van der Waals surface area contributed by atoms with Gasteiger partial charge in [0, 0.05) is 11.4 Å². The van der Waals surface area contributed by atoms with Gasteiger partial charge in [0.15, 0.2) is 0 Å². The van der Waals surface area contributed by atoms with E-state index in [0.717, 1.165) is 6.07 Å². The molecule has 0 aliphatic carbocycles. The number of ether oxygens (including phenoxy) is 1. The lowest BCUT2D eigenvalue weighted by atomic mass is 9.96. The molecule has 0 unspecified atom stereocenters. The molecule has 0 saturated heterocycles. The minimum Gasteiger partial charge on any atom is -0.469 e. The van der Waals surface area contributed by atoms with E-state index in [1.807, 2.05) is 0 Å². The maximum atomic E-state index is 12.9. The van der Waals surface area contributed by atoms with Crippen LogP contribution in [-0.4, -0.2) is 13.1 Å². The van der Waals surface area contributed by atoms with Crippen molar-refractivity contribution < 1.29 is 18.3 Å². The first kappa shape index (κ1) is 14.4. The maximum Gasteiger partial charge on any atom is 0.310 e. The molecule has 0 N–H and O–H groups in total. The second kappa shape index (κ2) is 6.31. The van der Waals surface area contributed by atoms with Crippen molar-refractivity contribution in [2.45, 2.75) is 18.7 Å². The second-order valence-electron chi connectivity index (χ2n) is 3.50. The van der Waals surface area contributed by atoms with E-state index in [0.29, 0.717) is 5.56 Å². The maximum absolute atomic E-state index is 12.9. The topological polar surface area (TPSA) is 50.1 Å². The first-order valence-electron chi connectivity index (χ1n) is 5.00. The molecule has 6 heteroatoms. The SMILES string of the molecule is COC(=O)Cc1c(CCl)cc(C#N)cc1C(F)F. The molecule has 0 amide bonds. The van der Waals surface area contributed by atoms with Gasteiger partial charge >= 0.3 is 5.97 Å². The second-order valence-corrected chi connectivity index (χ2v) is 3.77. The van der Waals surface area contributed by atoms with Crippen molar-refractivity contribution >= 4 is 17.6 Å². The fraction of sp³-hybridized carbons (Fsp3) is 0.333. The summed E-state index contributed by atoms with van der Waals surface area (Å²) in [6.45, 7) is 0. The number of methoxy groups -OCH3 is 1. The van der Waals surface area contributed by atoms with E-state index in [1.54, 1.807) is 6.07 Å². The zero-order valence-corrected chi connectivity index (χ0v) is 10.3. The molecule has 0 spiro atoms. The van der Waals surface area contributed by atoms with Gasteiger partial charge in [-0.3, -0.25) is 4.79 Å². The summed E-state index contributed by atoms with van der Waals surface area (Å²) in [5, 5.41) is 8.75. The molecule has 1 aromatic rings. The number of hydrogen-bond donors (Lipinski definition) is 0. The number of esters is 1. The summed E-state index contributed by atoms with van der Waals surface area (Å²) in [6, 6.07) is 4.25. The highest BCUT2D eigenvalue weighted by molar-refractivity contribution is 6.17. The van der Waals surface area contributed by atoms with Crippen LogP contribution in [0.4, 0.5) is 8.78 Å². The van der Waals surface area contributed by atoms with Gasteiger partial charge in [-0.25, -0.2) is 8.78 Å². The number of benzene rings is 1. The summed E-state index contributed by atoms with van der Waals surface area (Å²) in [5.41, 5.74) is 0.215. The molecule has 0 atom stereocenters. The Morgan fingerprint density at radius 3 is 2.67 bits per heavy atom. The zero-order valence-electron chi connectivity index (χ0n) is 9.54. The van der Waals surface area contributed by atoms with Gasteiger partial charge in [0.1, 0.15) is 0 Å². The predicted octanol–water partition coefficient (Wildman–Crippen LogP) is 2.95. The number of hydrogen-bond acceptors (Lipinski definition) is 3. The Labute approximate surface area is 108 Å². The number of nitriles is 1. The van der Waals surface area contributed by atoms with Gasteiger partial charge in [-0.1, -0.05) is 0 Å². The molecular formula is C12H10ClF2NO2. The monoisotopic (exact) mass is 273 g/mol. The van der Waals surface area contributed by atoms with Gasteiger partial charge in [0.05, 0.1) is 25.2 Å². The molecule has 0 aliphatic heterocycles. The zero-order chi connectivity index (χ0) is 13.7. The molecule has 0 bridgehead atoms. The van der Waals surface area contributed by atoms with Crippen LogP contribution in [0.5, 0.6) is 0 Å². The van der Waals surface area contributed by atoms with Crippen LogP contribution in [0.25, 0.3) is 0 Å². The number of nitrogens with zero attached hydrogens (tertiary/aromatic N) is 1. The lowest BCUT2D eigenvalue weighted by Gasteiger charge is -2.13. The van der Waals surface area contributed by atoms with Crippen LogP contribution >= 0.6 is 11.6 Å². The first-order chi connectivity index (χ1) is 8.53. The smallest absolute Gasteiger partial charge is 0.310 e. The lowest BCUT2D eigenvalue weighted by Crippen LogP contribution is -2.10. The molecule has 3 nitrogen and oxygen atoms in total. The third-order valence-electron chi connectivity index (χ3n) is 2.43. The molecule has 18 heavy (non-hydrogen) atoms. The van der Waals surface area contributed by atoms with Crippen LogP contribution in [0.3, 0.4) is 0 Å². The average molecular weight is 274 g/mol. The van der Waals surface area contributed by atoms with Crippen molar-refractivity contribution in [3.63, 3.8) is 0 Å². The molecule has 0 radical (unpaired) electrons. The molecule has 0 fully saturated rings. The summed E-state index contributed by atoms with van der Waals surface area (Å²) in [5.74, 6) is -0.686. The molecule has 0 aromatic heterocycles. The van der Waals surface area contributed by atoms with Gasteiger partial charge in [0.2, 0.25) is 0 Å². The van der Waals surface area contributed by atoms with E-state index >= 15 is 0 Å². The summed E-state index contributed by atoms with van der Waals surface area (Å²) in [4.78, 5) is 11.2. The van der Waals surface area contributed by atoms with Gasteiger partial charge in [-0.05, 0) is 23.3 Å². The predicted molar refractivity (Wildman–Crippen MR) is 61.4 cm³/mol. The van der Waals surface area contributed by atoms with Crippen molar-refractivity contribution in [3.8, 4) is 6.07 Å². The van der Waals surface area contributed by atoms with Crippen LogP contribution in [0, 0.1) is 11.3 Å². The van der Waals surface area contributed by atoms with Crippen molar-refractivity contribution in [2.75, 3.05) is 7.11 Å². The fourth-order valence-corrected chi connectivity index (χ4v) is 1.81. The Bertz CT molecular complexity index is 498. The van der Waals surface area contributed by atoms with E-state index in [4.69, 9.17) is 16.9 Å². The number of carbonyl (C=O) groups is 1. The standard InChI is InChI=1S/C12H10ClF2NO2/c1-18-11(17)4-9-8(5-13)2-7(6-16)3-10(9)12(14)15/h2-3,12H,4-5H2,1H3. The minimum atomic E-state index is -2.78. The number of halogens is 3. The molecule has 0 saturated carbocycles. The Balaban J connectivity index is 3.35. The van der Waals surface area contributed by atoms with Crippen LogP contribution in [0.1, 0.15) is 28.7 Å². The van der Waals surface area contributed by atoms with E-state index in [1.165, 1.54) is 13.2 Å². The van der Waals surface area contributed by atoms with E-state index in [2.05, 4.69) is 4.74 Å². The van der Waals surface area contributed by atoms with Crippen molar-refractivity contribution in [1.29, 1.82) is 5.26 Å².